The maximum atomic E-state index is 13.1. The van der Waals surface area contributed by atoms with E-state index in [9.17, 15) is 14.4 Å². The van der Waals surface area contributed by atoms with Crippen LogP contribution in [0.4, 0.5) is 0 Å². The van der Waals surface area contributed by atoms with Gasteiger partial charge in [0.05, 0.1) is 32.3 Å². The van der Waals surface area contributed by atoms with Crippen LogP contribution in [0.2, 0.25) is 0 Å². The zero-order chi connectivity index (χ0) is 19.0. The lowest BCUT2D eigenvalue weighted by atomic mass is 9.95. The number of piperazine rings is 2. The minimum atomic E-state index is -0.542. The van der Waals surface area contributed by atoms with Gasteiger partial charge in [0, 0.05) is 44.8 Å². The van der Waals surface area contributed by atoms with Crippen molar-refractivity contribution in [3.8, 4) is 0 Å². The molecular formula is C19H29N4O4+. The first-order valence-corrected chi connectivity index (χ1v) is 10.0. The SMILES string of the molecule is C=CCO[C@@H]1C[C@H]2C(=O)N3CCN(C(=O)C4CC[NH2+]CC4)C[C@H]3C(=O)N2C1. The van der Waals surface area contributed by atoms with Crippen LogP contribution < -0.4 is 5.32 Å². The zero-order valence-corrected chi connectivity index (χ0v) is 15.7. The number of amides is 3. The fourth-order valence-electron chi connectivity index (χ4n) is 4.87. The molecule has 2 N–H and O–H groups in total. The molecule has 27 heavy (non-hydrogen) atoms. The Hall–Kier alpha value is -1.93. The second-order valence-electron chi connectivity index (χ2n) is 7.96. The van der Waals surface area contributed by atoms with Gasteiger partial charge in [-0.1, -0.05) is 6.08 Å². The fourth-order valence-corrected chi connectivity index (χ4v) is 4.87. The summed E-state index contributed by atoms with van der Waals surface area (Å²) in [7, 11) is 0. The summed E-state index contributed by atoms with van der Waals surface area (Å²) in [5.41, 5.74) is 0. The summed E-state index contributed by atoms with van der Waals surface area (Å²) in [5, 5.41) is 2.24. The van der Waals surface area contributed by atoms with E-state index >= 15 is 0 Å². The van der Waals surface area contributed by atoms with Gasteiger partial charge in [0.2, 0.25) is 17.7 Å². The molecule has 0 bridgehead atoms. The number of hydrogen-bond acceptors (Lipinski definition) is 4. The lowest BCUT2D eigenvalue weighted by molar-refractivity contribution is -0.664. The minimum absolute atomic E-state index is 0.00340. The highest BCUT2D eigenvalue weighted by atomic mass is 16.5. The number of rotatable bonds is 4. The highest BCUT2D eigenvalue weighted by Crippen LogP contribution is 2.31. The lowest BCUT2D eigenvalue weighted by Crippen LogP contribution is -2.86. The summed E-state index contributed by atoms with van der Waals surface area (Å²) in [5.74, 6) is 0.174. The molecule has 4 saturated heterocycles. The molecule has 0 unspecified atom stereocenters. The summed E-state index contributed by atoms with van der Waals surface area (Å²) in [4.78, 5) is 44.0. The topological polar surface area (TPSA) is 86.8 Å². The summed E-state index contributed by atoms with van der Waals surface area (Å²) in [6.07, 6.45) is 3.89. The molecule has 4 aliphatic heterocycles. The van der Waals surface area contributed by atoms with Crippen LogP contribution in [0, 0.1) is 5.92 Å². The molecule has 0 aromatic carbocycles. The monoisotopic (exact) mass is 377 g/mol. The second-order valence-corrected chi connectivity index (χ2v) is 7.96. The van der Waals surface area contributed by atoms with Crippen molar-refractivity contribution in [1.29, 1.82) is 0 Å². The van der Waals surface area contributed by atoms with Crippen molar-refractivity contribution >= 4 is 17.7 Å². The number of nitrogens with zero attached hydrogens (tertiary/aromatic N) is 3. The van der Waals surface area contributed by atoms with E-state index in [0.29, 0.717) is 39.2 Å². The zero-order valence-electron chi connectivity index (χ0n) is 15.7. The van der Waals surface area contributed by atoms with E-state index in [1.807, 2.05) is 4.90 Å². The number of carbonyl (C=O) groups excluding carboxylic acids is 3. The summed E-state index contributed by atoms with van der Waals surface area (Å²) < 4.78 is 5.68. The Balaban J connectivity index is 1.44. The van der Waals surface area contributed by atoms with Crippen LogP contribution in [0.5, 0.6) is 0 Å². The molecule has 3 atom stereocenters. The van der Waals surface area contributed by atoms with Crippen molar-refractivity contribution in [1.82, 2.24) is 14.7 Å². The highest BCUT2D eigenvalue weighted by Gasteiger charge is 2.52. The van der Waals surface area contributed by atoms with Crippen LogP contribution in [0.25, 0.3) is 0 Å². The molecule has 0 aliphatic carbocycles. The van der Waals surface area contributed by atoms with Gasteiger partial charge >= 0.3 is 0 Å². The van der Waals surface area contributed by atoms with Gasteiger partial charge in [-0.05, 0) is 0 Å². The first-order valence-electron chi connectivity index (χ1n) is 10.0. The van der Waals surface area contributed by atoms with Crippen LogP contribution in [-0.4, -0.2) is 96.5 Å². The predicted molar refractivity (Wildman–Crippen MR) is 96.5 cm³/mol. The molecule has 4 heterocycles. The molecule has 0 aromatic heterocycles. The van der Waals surface area contributed by atoms with Crippen LogP contribution in [0.3, 0.4) is 0 Å². The quantitative estimate of drug-likeness (QED) is 0.585. The predicted octanol–water partition coefficient (Wildman–Crippen LogP) is -1.82. The largest absolute Gasteiger partial charge is 0.372 e. The molecule has 0 spiro atoms. The third-order valence-corrected chi connectivity index (χ3v) is 6.33. The Morgan fingerprint density at radius 3 is 2.59 bits per heavy atom. The number of quaternary nitrogens is 1. The minimum Gasteiger partial charge on any atom is -0.372 e. The molecule has 4 rings (SSSR count). The third kappa shape index (κ3) is 3.36. The van der Waals surface area contributed by atoms with Crippen molar-refractivity contribution in [3.63, 3.8) is 0 Å². The van der Waals surface area contributed by atoms with Gasteiger partial charge in [-0.2, -0.15) is 0 Å². The van der Waals surface area contributed by atoms with E-state index in [1.165, 1.54) is 0 Å². The van der Waals surface area contributed by atoms with Crippen LogP contribution >= 0.6 is 0 Å². The van der Waals surface area contributed by atoms with Gasteiger partial charge in [-0.15, -0.1) is 6.58 Å². The molecule has 0 saturated carbocycles. The Labute approximate surface area is 159 Å². The lowest BCUT2D eigenvalue weighted by Gasteiger charge is -2.47. The molecule has 3 amide bonds. The maximum Gasteiger partial charge on any atom is 0.247 e. The fraction of sp³-hybridized carbons (Fsp3) is 0.737. The van der Waals surface area contributed by atoms with Crippen LogP contribution in [0.1, 0.15) is 19.3 Å². The van der Waals surface area contributed by atoms with Gasteiger partial charge in [0.1, 0.15) is 12.1 Å². The van der Waals surface area contributed by atoms with Gasteiger partial charge in [-0.3, -0.25) is 14.4 Å². The Morgan fingerprint density at radius 2 is 1.85 bits per heavy atom. The molecule has 4 fully saturated rings. The third-order valence-electron chi connectivity index (χ3n) is 6.33. The highest BCUT2D eigenvalue weighted by molar-refractivity contribution is 5.98. The van der Waals surface area contributed by atoms with Crippen LogP contribution in [0.15, 0.2) is 12.7 Å². The molecule has 4 aliphatic rings. The number of nitrogens with two attached hydrogens (primary N) is 1. The van der Waals surface area contributed by atoms with E-state index in [1.54, 1.807) is 15.9 Å². The first kappa shape index (κ1) is 18.4. The van der Waals surface area contributed by atoms with Crippen molar-refractivity contribution in [2.24, 2.45) is 5.92 Å². The van der Waals surface area contributed by atoms with Crippen molar-refractivity contribution in [3.05, 3.63) is 12.7 Å². The summed E-state index contributed by atoms with van der Waals surface area (Å²) in [6, 6.07) is -0.959. The van der Waals surface area contributed by atoms with E-state index in [4.69, 9.17) is 4.74 Å². The number of hydrogen-bond donors (Lipinski definition) is 1. The maximum absolute atomic E-state index is 13.1. The molecule has 0 aromatic rings. The van der Waals surface area contributed by atoms with Crippen molar-refractivity contribution in [2.45, 2.75) is 37.5 Å². The second kappa shape index (κ2) is 7.59. The molecule has 148 valence electrons. The Kier molecular flexibility index (Phi) is 5.19. The normalized spacial score (nSPS) is 31.7. The summed E-state index contributed by atoms with van der Waals surface area (Å²) >= 11 is 0. The summed E-state index contributed by atoms with van der Waals surface area (Å²) in [6.45, 7) is 7.77. The number of carbonyl (C=O) groups is 3. The first-order chi connectivity index (χ1) is 13.1. The van der Waals surface area contributed by atoms with Gasteiger partial charge < -0.3 is 24.8 Å². The van der Waals surface area contributed by atoms with Crippen LogP contribution in [-0.2, 0) is 19.1 Å². The Bertz CT molecular complexity index is 633. The van der Waals surface area contributed by atoms with Crippen molar-refractivity contribution in [2.75, 3.05) is 45.9 Å². The molecule has 0 radical (unpaired) electrons. The van der Waals surface area contributed by atoms with Gasteiger partial charge in [-0.25, -0.2) is 0 Å². The Morgan fingerprint density at radius 1 is 1.11 bits per heavy atom. The molecular weight excluding hydrogens is 348 g/mol. The van der Waals surface area contributed by atoms with E-state index < -0.39 is 12.1 Å². The standard InChI is InChI=1S/C19H28N4O4/c1-2-9-27-14-10-15-18(25)22-8-7-21(12-16(22)19(26)23(15)11-14)17(24)13-3-5-20-6-4-13/h2,13-16,20H,1,3-12H2/p+1/t14-,15+,16+/m1/s1. The average molecular weight is 377 g/mol. The molecule has 8 nitrogen and oxygen atoms in total. The van der Waals surface area contributed by atoms with E-state index in [0.717, 1.165) is 25.9 Å². The van der Waals surface area contributed by atoms with Crippen molar-refractivity contribution < 1.29 is 24.4 Å². The number of ether oxygens (including phenoxy) is 1. The average Bonchev–Trinajstić information content (AvgIpc) is 3.15. The van der Waals surface area contributed by atoms with E-state index in [2.05, 4.69) is 11.9 Å². The van der Waals surface area contributed by atoms with Gasteiger partial charge in [0.25, 0.3) is 0 Å². The number of fused-ring (bicyclic) bond motifs is 2. The van der Waals surface area contributed by atoms with E-state index in [-0.39, 0.29) is 29.7 Å². The molecule has 8 heteroatoms. The smallest absolute Gasteiger partial charge is 0.247 e. The number of piperidine rings is 1. The van der Waals surface area contributed by atoms with Gasteiger partial charge in [0.15, 0.2) is 0 Å².